The number of anilines is 1. The predicted molar refractivity (Wildman–Crippen MR) is 126 cm³/mol. The second kappa shape index (κ2) is 9.95. The molecule has 206 valence electrons. The summed E-state index contributed by atoms with van der Waals surface area (Å²) >= 11 is 0. The minimum Gasteiger partial charge on any atom is -0.492 e. The molecule has 0 fully saturated rings. The zero-order valence-electron chi connectivity index (χ0n) is 21.7. The molecule has 2 aromatic carbocycles. The molecule has 12 heteroatoms. The molecule has 0 aliphatic heterocycles. The van der Waals surface area contributed by atoms with Gasteiger partial charge in [-0.25, -0.2) is 17.6 Å². The van der Waals surface area contributed by atoms with E-state index in [9.17, 15) is 35.5 Å². The first-order chi connectivity index (χ1) is 17.4. The van der Waals surface area contributed by atoms with Crippen molar-refractivity contribution in [1.29, 1.82) is 0 Å². The Morgan fingerprint density at radius 2 is 1.45 bits per heavy atom. The van der Waals surface area contributed by atoms with Crippen LogP contribution in [0, 0.1) is 44.0 Å². The maximum atomic E-state index is 14.5. The second-order valence-electron chi connectivity index (χ2n) is 9.97. The minimum absolute atomic E-state index is 0.00778. The van der Waals surface area contributed by atoms with Crippen molar-refractivity contribution in [1.82, 2.24) is 9.78 Å². The lowest BCUT2D eigenvalue weighted by molar-refractivity contribution is -0.143. The van der Waals surface area contributed by atoms with Gasteiger partial charge in [0.25, 0.3) is 5.91 Å². The fourth-order valence-electron chi connectivity index (χ4n) is 4.24. The van der Waals surface area contributed by atoms with Gasteiger partial charge in [0, 0.05) is 5.41 Å². The number of amides is 1. The van der Waals surface area contributed by atoms with Crippen molar-refractivity contribution >= 4 is 11.6 Å². The molecular formula is C26H26F7N3O2. The van der Waals surface area contributed by atoms with Crippen molar-refractivity contribution in [3.05, 3.63) is 74.6 Å². The van der Waals surface area contributed by atoms with E-state index >= 15 is 0 Å². The van der Waals surface area contributed by atoms with Crippen molar-refractivity contribution in [3.8, 4) is 5.75 Å². The number of aromatic nitrogens is 2. The quantitative estimate of drug-likeness (QED) is 0.278. The van der Waals surface area contributed by atoms with Gasteiger partial charge in [-0.2, -0.15) is 18.3 Å². The van der Waals surface area contributed by atoms with Crippen molar-refractivity contribution in [2.24, 2.45) is 0 Å². The van der Waals surface area contributed by atoms with Gasteiger partial charge in [-0.1, -0.05) is 38.5 Å². The number of nitrogens with zero attached hydrogens (tertiary/aromatic N) is 2. The van der Waals surface area contributed by atoms with Crippen molar-refractivity contribution in [2.75, 3.05) is 12.4 Å². The molecule has 5 nitrogen and oxygen atoms in total. The number of carbonyl (C=O) groups is 1. The second-order valence-corrected chi connectivity index (χ2v) is 9.97. The molecule has 0 bridgehead atoms. The van der Waals surface area contributed by atoms with Crippen molar-refractivity contribution in [2.45, 2.75) is 59.7 Å². The first-order valence-electron chi connectivity index (χ1n) is 11.4. The average Bonchev–Trinajstić information content (AvgIpc) is 3.16. The molecular weight excluding hydrogens is 519 g/mol. The number of hydrogen-bond acceptors (Lipinski definition) is 3. The molecule has 1 N–H and O–H groups in total. The molecule has 3 aromatic rings. The number of nitrogens with one attached hydrogen (secondary N) is 1. The normalized spacial score (nSPS) is 12.2. The number of rotatable bonds is 5. The smallest absolute Gasteiger partial charge is 0.422 e. The summed E-state index contributed by atoms with van der Waals surface area (Å²) in [6.45, 7) is 10.9. The third-order valence-corrected chi connectivity index (χ3v) is 5.97. The molecule has 0 saturated carbocycles. The lowest BCUT2D eigenvalue weighted by Gasteiger charge is -2.17. The van der Waals surface area contributed by atoms with Crippen LogP contribution in [0.4, 0.5) is 36.4 Å². The standard InChI is InChI=1S/C26H26F7N3O2/c1-11-8-12(2)14(13(3)9-11)10-36-21(22(38-7)23(35-36)25(4,5)6)24(37)34-20-18(29)16(27)15(26(31,32)33)17(28)19(20)30/h8-9H,10H2,1-7H3,(H,34,37). The summed E-state index contributed by atoms with van der Waals surface area (Å²) < 4.78 is 103. The van der Waals surface area contributed by atoms with Crippen molar-refractivity contribution in [3.63, 3.8) is 0 Å². The fraction of sp³-hybridized carbons (Fsp3) is 0.385. The molecule has 0 unspecified atom stereocenters. The third-order valence-electron chi connectivity index (χ3n) is 5.97. The van der Waals surface area contributed by atoms with Gasteiger partial charge in [0.2, 0.25) is 0 Å². The minimum atomic E-state index is -5.72. The number of ether oxygens (including phenoxy) is 1. The Morgan fingerprint density at radius 3 is 1.87 bits per heavy atom. The molecule has 1 aromatic heterocycles. The summed E-state index contributed by atoms with van der Waals surface area (Å²) in [5.74, 6) is -11.6. The maximum absolute atomic E-state index is 14.5. The topological polar surface area (TPSA) is 56.2 Å². The number of aryl methyl sites for hydroxylation is 3. The Balaban J connectivity index is 2.21. The van der Waals surface area contributed by atoms with Crippen molar-refractivity contribution < 1.29 is 40.3 Å². The molecule has 0 aliphatic carbocycles. The fourth-order valence-corrected chi connectivity index (χ4v) is 4.24. The highest BCUT2D eigenvalue weighted by Gasteiger charge is 2.43. The molecule has 0 aliphatic rings. The highest BCUT2D eigenvalue weighted by atomic mass is 19.4. The monoisotopic (exact) mass is 545 g/mol. The number of alkyl halides is 3. The Bertz CT molecular complexity index is 1370. The molecule has 38 heavy (non-hydrogen) atoms. The van der Waals surface area contributed by atoms with E-state index in [0.717, 1.165) is 22.3 Å². The number of benzene rings is 2. The van der Waals surface area contributed by atoms with Crippen LogP contribution in [0.5, 0.6) is 5.75 Å². The molecule has 0 atom stereocenters. The van der Waals surface area contributed by atoms with Gasteiger partial charge in [0.15, 0.2) is 34.7 Å². The van der Waals surface area contributed by atoms with Crippen LogP contribution in [0.2, 0.25) is 0 Å². The van der Waals surface area contributed by atoms with E-state index in [0.29, 0.717) is 5.69 Å². The van der Waals surface area contributed by atoms with Gasteiger partial charge >= 0.3 is 6.18 Å². The zero-order chi connectivity index (χ0) is 28.9. The molecule has 0 spiro atoms. The van der Waals surface area contributed by atoms with Crippen LogP contribution in [0.1, 0.15) is 64.8 Å². The van der Waals surface area contributed by atoms with Gasteiger partial charge in [0.1, 0.15) is 16.9 Å². The number of carbonyl (C=O) groups excluding carboxylic acids is 1. The van der Waals surface area contributed by atoms with E-state index in [2.05, 4.69) is 5.10 Å². The molecule has 0 saturated heterocycles. The Labute approximate surface area is 214 Å². The van der Waals surface area contributed by atoms with Crippen LogP contribution in [0.15, 0.2) is 12.1 Å². The Kier molecular flexibility index (Phi) is 7.59. The first kappa shape index (κ1) is 29.0. The number of methoxy groups -OCH3 is 1. The third kappa shape index (κ3) is 5.21. The lowest BCUT2D eigenvalue weighted by atomic mass is 9.91. The zero-order valence-corrected chi connectivity index (χ0v) is 21.7. The summed E-state index contributed by atoms with van der Waals surface area (Å²) in [5.41, 5.74) is -1.71. The maximum Gasteiger partial charge on any atom is 0.422 e. The Morgan fingerprint density at radius 1 is 0.947 bits per heavy atom. The summed E-state index contributed by atoms with van der Waals surface area (Å²) in [7, 11) is 1.23. The van der Waals surface area contributed by atoms with E-state index in [1.165, 1.54) is 11.8 Å². The predicted octanol–water partition coefficient (Wildman–Crippen LogP) is 6.99. The van der Waals surface area contributed by atoms with E-state index in [1.54, 1.807) is 26.1 Å². The van der Waals surface area contributed by atoms with Gasteiger partial charge < -0.3 is 10.1 Å². The van der Waals surface area contributed by atoms with Crippen LogP contribution < -0.4 is 10.1 Å². The van der Waals surface area contributed by atoms with Crippen LogP contribution >= 0.6 is 0 Å². The molecule has 0 radical (unpaired) electrons. The van der Waals surface area contributed by atoms with Gasteiger partial charge in [0.05, 0.1) is 13.7 Å². The summed E-state index contributed by atoms with van der Waals surface area (Å²) in [6, 6.07) is 3.82. The summed E-state index contributed by atoms with van der Waals surface area (Å²) in [4.78, 5) is 13.3. The molecule has 1 amide bonds. The lowest BCUT2D eigenvalue weighted by Crippen LogP contribution is -2.23. The number of halogens is 7. The van der Waals surface area contributed by atoms with Gasteiger partial charge in [-0.05, 0) is 37.5 Å². The summed E-state index contributed by atoms with van der Waals surface area (Å²) in [6.07, 6.45) is -5.72. The Hall–Kier alpha value is -3.57. The van der Waals surface area contributed by atoms with Crippen LogP contribution in [0.25, 0.3) is 0 Å². The largest absolute Gasteiger partial charge is 0.492 e. The molecule has 3 rings (SSSR count). The van der Waals surface area contributed by atoms with E-state index in [-0.39, 0.29) is 18.0 Å². The highest BCUT2D eigenvalue weighted by molar-refractivity contribution is 6.05. The highest BCUT2D eigenvalue weighted by Crippen LogP contribution is 2.39. The van der Waals surface area contributed by atoms with Crippen LogP contribution in [0.3, 0.4) is 0 Å². The molecule has 1 heterocycles. The number of hydrogen-bond donors (Lipinski definition) is 1. The average molecular weight is 545 g/mol. The van der Waals surface area contributed by atoms with Gasteiger partial charge in [-0.3, -0.25) is 9.48 Å². The summed E-state index contributed by atoms with van der Waals surface area (Å²) in [5, 5.41) is 6.17. The van der Waals surface area contributed by atoms with Crippen LogP contribution in [-0.2, 0) is 18.1 Å². The first-order valence-corrected chi connectivity index (χ1v) is 11.4. The van der Waals surface area contributed by atoms with Gasteiger partial charge in [-0.15, -0.1) is 0 Å². The van der Waals surface area contributed by atoms with E-state index in [1.807, 2.05) is 32.9 Å². The van der Waals surface area contributed by atoms with E-state index < -0.39 is 52.0 Å². The van der Waals surface area contributed by atoms with E-state index in [4.69, 9.17) is 4.74 Å². The van der Waals surface area contributed by atoms with Crippen LogP contribution in [-0.4, -0.2) is 22.8 Å². The SMILES string of the molecule is COc1c(C(C)(C)C)nn(Cc2c(C)cc(C)cc2C)c1C(=O)Nc1c(F)c(F)c(C(F)(F)F)c(F)c1F.